The first-order valence-electron chi connectivity index (χ1n) is 3.91. The van der Waals surface area contributed by atoms with Gasteiger partial charge < -0.3 is 0 Å². The lowest BCUT2D eigenvalue weighted by Gasteiger charge is -1.93. The SMILES string of the molecule is CCCCCCC[11CH3]. The van der Waals surface area contributed by atoms with Crippen molar-refractivity contribution in [2.45, 2.75) is 52.4 Å². The van der Waals surface area contributed by atoms with Crippen molar-refractivity contribution in [2.24, 2.45) is 0 Å². The molecule has 0 amide bonds. The van der Waals surface area contributed by atoms with E-state index in [1.807, 2.05) is 0 Å². The molecule has 0 aliphatic rings. The first-order chi connectivity index (χ1) is 3.91. The molecule has 0 fully saturated rings. The Hall–Kier alpha value is 0. The van der Waals surface area contributed by atoms with E-state index in [0.29, 0.717) is 0 Å². The third-order valence-corrected chi connectivity index (χ3v) is 1.46. The fraction of sp³-hybridized carbons (Fsp3) is 1.00. The average Bonchev–Trinajstić information content (AvgIpc) is 1.81. The molecule has 0 bridgehead atoms. The second-order valence-electron chi connectivity index (χ2n) is 2.41. The van der Waals surface area contributed by atoms with E-state index in [4.69, 9.17) is 0 Å². The van der Waals surface area contributed by atoms with E-state index in [1.165, 1.54) is 38.5 Å². The van der Waals surface area contributed by atoms with Crippen molar-refractivity contribution < 1.29 is 0 Å². The van der Waals surface area contributed by atoms with Gasteiger partial charge in [-0.15, -0.1) is 0 Å². The molecular weight excluding hydrogens is 95.1 g/mol. The van der Waals surface area contributed by atoms with Crippen molar-refractivity contribution in [3.8, 4) is 0 Å². The van der Waals surface area contributed by atoms with Gasteiger partial charge in [0.1, 0.15) is 0 Å². The Morgan fingerprint density at radius 1 is 0.625 bits per heavy atom. The van der Waals surface area contributed by atoms with E-state index >= 15 is 0 Å². The maximum atomic E-state index is 2.26. The molecule has 0 radical (unpaired) electrons. The lowest BCUT2D eigenvalue weighted by molar-refractivity contribution is 0.624. The van der Waals surface area contributed by atoms with Gasteiger partial charge in [0.25, 0.3) is 0 Å². The number of hydrogen-bond donors (Lipinski definition) is 0. The van der Waals surface area contributed by atoms with Crippen molar-refractivity contribution in [3.63, 3.8) is 0 Å². The highest BCUT2D eigenvalue weighted by Gasteiger charge is 1.83. The summed E-state index contributed by atoms with van der Waals surface area (Å²) in [6.07, 6.45) is 8.49. The van der Waals surface area contributed by atoms with Gasteiger partial charge in [-0.3, -0.25) is 0 Å². The highest BCUT2D eigenvalue weighted by atomic mass is 13.9. The topological polar surface area (TPSA) is 0 Å². The van der Waals surface area contributed by atoms with Crippen LogP contribution >= 0.6 is 0 Å². The van der Waals surface area contributed by atoms with Gasteiger partial charge in [-0.25, -0.2) is 0 Å². The van der Waals surface area contributed by atoms with Gasteiger partial charge in [0, 0.05) is 0 Å². The summed E-state index contributed by atoms with van der Waals surface area (Å²) in [6, 6.07) is 0. The van der Waals surface area contributed by atoms with Crippen LogP contribution < -0.4 is 0 Å². The Labute approximate surface area is 53.3 Å². The fourth-order valence-corrected chi connectivity index (χ4v) is 0.854. The van der Waals surface area contributed by atoms with Crippen molar-refractivity contribution in [2.75, 3.05) is 0 Å². The van der Waals surface area contributed by atoms with Crippen LogP contribution in [0.1, 0.15) is 52.4 Å². The summed E-state index contributed by atoms with van der Waals surface area (Å²) in [4.78, 5) is 0. The van der Waals surface area contributed by atoms with E-state index < -0.39 is 0 Å². The lowest BCUT2D eigenvalue weighted by atomic mass is 10.0. The van der Waals surface area contributed by atoms with Gasteiger partial charge >= 0.3 is 0 Å². The monoisotopic (exact) mass is 113 g/mol. The van der Waals surface area contributed by atoms with E-state index in [1.54, 1.807) is 0 Å². The summed E-state index contributed by atoms with van der Waals surface area (Å²) in [5.41, 5.74) is 0. The molecule has 0 heterocycles. The van der Waals surface area contributed by atoms with Gasteiger partial charge in [0.15, 0.2) is 0 Å². The van der Waals surface area contributed by atoms with Gasteiger partial charge in [-0.2, -0.15) is 0 Å². The first kappa shape index (κ1) is 8.00. The molecule has 0 unspecified atom stereocenters. The molecular formula is C8H18. The molecule has 0 aliphatic carbocycles. The molecule has 0 heteroatoms. The summed E-state index contributed by atoms with van der Waals surface area (Å²) < 4.78 is 0. The van der Waals surface area contributed by atoms with E-state index in [2.05, 4.69) is 13.8 Å². The maximum Gasteiger partial charge on any atom is -0.0533 e. The van der Waals surface area contributed by atoms with Crippen molar-refractivity contribution >= 4 is 0 Å². The second kappa shape index (κ2) is 7.00. The second-order valence-corrected chi connectivity index (χ2v) is 2.41. The van der Waals surface area contributed by atoms with Crippen LogP contribution in [-0.2, 0) is 0 Å². The molecule has 0 aromatic heterocycles. The number of rotatable bonds is 5. The largest absolute Gasteiger partial charge is 0.0654 e. The van der Waals surface area contributed by atoms with Crippen molar-refractivity contribution in [1.29, 1.82) is 0 Å². The minimum atomic E-state index is 1.36. The molecule has 0 N–H and O–H groups in total. The maximum absolute atomic E-state index is 2.26. The summed E-state index contributed by atoms with van der Waals surface area (Å²) in [5, 5.41) is 0. The minimum Gasteiger partial charge on any atom is -0.0654 e. The van der Waals surface area contributed by atoms with Crippen LogP contribution in [0.4, 0.5) is 0 Å². The summed E-state index contributed by atoms with van der Waals surface area (Å²) in [5.74, 6) is 0. The van der Waals surface area contributed by atoms with Crippen molar-refractivity contribution in [3.05, 3.63) is 0 Å². The molecule has 0 saturated carbocycles. The molecule has 0 spiro atoms. The van der Waals surface area contributed by atoms with E-state index in [0.717, 1.165) is 0 Å². The summed E-state index contributed by atoms with van der Waals surface area (Å²) >= 11 is 0. The minimum absolute atomic E-state index is 1.36. The average molecular weight is 113 g/mol. The molecule has 0 nitrogen and oxygen atoms in total. The number of hydrogen-bond acceptors (Lipinski definition) is 0. The zero-order chi connectivity index (χ0) is 6.24. The van der Waals surface area contributed by atoms with Crippen LogP contribution in [0.2, 0.25) is 0 Å². The Morgan fingerprint density at radius 2 is 1.00 bits per heavy atom. The van der Waals surface area contributed by atoms with E-state index in [9.17, 15) is 0 Å². The Bertz CT molecular complexity index is 25.0. The fourth-order valence-electron chi connectivity index (χ4n) is 0.854. The van der Waals surface area contributed by atoms with Crippen LogP contribution in [0.25, 0.3) is 0 Å². The lowest BCUT2D eigenvalue weighted by Crippen LogP contribution is -1.73. The summed E-state index contributed by atoms with van der Waals surface area (Å²) in [6.45, 7) is 4.51. The van der Waals surface area contributed by atoms with Crippen LogP contribution in [0, 0.1) is 0 Å². The Morgan fingerprint density at radius 3 is 1.25 bits per heavy atom. The quantitative estimate of drug-likeness (QED) is 0.479. The highest BCUT2D eigenvalue weighted by molar-refractivity contribution is 4.39. The van der Waals surface area contributed by atoms with Crippen LogP contribution in [-0.4, -0.2) is 0 Å². The van der Waals surface area contributed by atoms with Gasteiger partial charge in [0.2, 0.25) is 0 Å². The first-order valence-corrected chi connectivity index (χ1v) is 3.91. The highest BCUT2D eigenvalue weighted by Crippen LogP contribution is 2.03. The predicted octanol–water partition coefficient (Wildman–Crippen LogP) is 3.37. The molecule has 0 rings (SSSR count). The molecule has 0 atom stereocenters. The molecule has 0 aromatic carbocycles. The molecule has 0 aromatic rings. The third-order valence-electron chi connectivity index (χ3n) is 1.46. The number of unbranched alkanes of at least 4 members (excludes halogenated alkanes) is 5. The summed E-state index contributed by atoms with van der Waals surface area (Å²) in [7, 11) is 0. The van der Waals surface area contributed by atoms with Crippen LogP contribution in [0.3, 0.4) is 0 Å². The standard InChI is InChI=1S/C8H18/c1-3-5-7-8-6-4-2/h3-8H2,1-2H3/i1-1. The van der Waals surface area contributed by atoms with Gasteiger partial charge in [-0.05, 0) is 0 Å². The predicted molar refractivity (Wildman–Crippen MR) is 39.0 cm³/mol. The Kier molecular flexibility index (Phi) is 7.00. The van der Waals surface area contributed by atoms with Crippen molar-refractivity contribution in [1.82, 2.24) is 0 Å². The third kappa shape index (κ3) is 6.00. The molecule has 0 aliphatic heterocycles. The molecule has 50 valence electrons. The zero-order valence-corrected chi connectivity index (χ0v) is 6.24. The van der Waals surface area contributed by atoms with E-state index in [-0.39, 0.29) is 0 Å². The van der Waals surface area contributed by atoms with Gasteiger partial charge in [0.05, 0.1) is 0 Å². The molecule has 0 saturated heterocycles. The van der Waals surface area contributed by atoms with Crippen LogP contribution in [0.5, 0.6) is 0 Å². The Balaban J connectivity index is 2.53. The smallest absolute Gasteiger partial charge is 0.0533 e. The van der Waals surface area contributed by atoms with Gasteiger partial charge in [-0.1, -0.05) is 52.4 Å². The molecule has 8 heavy (non-hydrogen) atoms. The van der Waals surface area contributed by atoms with Crippen LogP contribution in [0.15, 0.2) is 0 Å². The zero-order valence-electron chi connectivity index (χ0n) is 6.24. The normalized spacial score (nSPS) is 9.75.